The minimum atomic E-state index is -0.498. The van der Waals surface area contributed by atoms with Crippen LogP contribution in [0.2, 0.25) is 0 Å². The first-order valence-electron chi connectivity index (χ1n) is 4.48. The van der Waals surface area contributed by atoms with Gasteiger partial charge in [0.15, 0.2) is 18.3 Å². The van der Waals surface area contributed by atoms with Crippen LogP contribution >= 0.6 is 0 Å². The number of benzene rings is 1. The maximum atomic E-state index is 10.8. The van der Waals surface area contributed by atoms with Gasteiger partial charge in [-0.1, -0.05) is 11.6 Å². The van der Waals surface area contributed by atoms with Crippen molar-refractivity contribution in [2.45, 2.75) is 20.0 Å². The fourth-order valence-electron chi connectivity index (χ4n) is 1.55. The zero-order chi connectivity index (χ0) is 10.1. The Morgan fingerprint density at radius 1 is 1.43 bits per heavy atom. The van der Waals surface area contributed by atoms with Gasteiger partial charge in [-0.05, 0) is 19.1 Å². The zero-order valence-electron chi connectivity index (χ0n) is 8.15. The lowest BCUT2D eigenvalue weighted by atomic mass is 10.0. The van der Waals surface area contributed by atoms with Crippen LogP contribution in [0.15, 0.2) is 23.2 Å². The van der Waals surface area contributed by atoms with Gasteiger partial charge in [-0.25, -0.2) is 4.99 Å². The number of carbonyl (C=O) groups is 1. The van der Waals surface area contributed by atoms with Crippen molar-refractivity contribution in [3.8, 4) is 0 Å². The second-order valence-electron chi connectivity index (χ2n) is 3.37. The van der Waals surface area contributed by atoms with E-state index >= 15 is 0 Å². The lowest BCUT2D eigenvalue weighted by Crippen LogP contribution is -2.14. The molecule has 1 aliphatic rings. The van der Waals surface area contributed by atoms with Gasteiger partial charge >= 0.3 is 0 Å². The van der Waals surface area contributed by atoms with E-state index in [0.717, 1.165) is 23.1 Å². The third-order valence-corrected chi connectivity index (χ3v) is 2.19. The number of hydrogen-bond acceptors (Lipinski definition) is 3. The average Bonchev–Trinajstić information content (AvgIpc) is 2.17. The molecule has 3 heteroatoms. The number of hydrogen-bond donors (Lipinski definition) is 0. The molecule has 72 valence electrons. The molecule has 14 heavy (non-hydrogen) atoms. The van der Waals surface area contributed by atoms with Crippen LogP contribution in [0.5, 0.6) is 0 Å². The van der Waals surface area contributed by atoms with Crippen molar-refractivity contribution in [2.75, 3.05) is 0 Å². The molecule has 0 bridgehead atoms. The molecule has 1 aromatic carbocycles. The monoisotopic (exact) mass is 189 g/mol. The molecule has 1 atom stereocenters. The first-order valence-corrected chi connectivity index (χ1v) is 4.48. The molecular weight excluding hydrogens is 178 g/mol. The predicted octanol–water partition coefficient (Wildman–Crippen LogP) is 2.32. The van der Waals surface area contributed by atoms with Crippen LogP contribution in [-0.2, 0) is 9.53 Å². The van der Waals surface area contributed by atoms with E-state index in [9.17, 15) is 4.79 Å². The topological polar surface area (TPSA) is 38.7 Å². The Labute approximate surface area is 82.4 Å². The maximum absolute atomic E-state index is 10.8. The van der Waals surface area contributed by atoms with Crippen molar-refractivity contribution in [3.05, 3.63) is 29.3 Å². The molecular formula is C11H11NO2. The van der Waals surface area contributed by atoms with Gasteiger partial charge in [-0.15, -0.1) is 0 Å². The molecule has 1 unspecified atom stereocenters. The van der Waals surface area contributed by atoms with Gasteiger partial charge in [0, 0.05) is 12.5 Å². The summed E-state index contributed by atoms with van der Waals surface area (Å²) in [5, 5.41) is 0. The highest BCUT2D eigenvalue weighted by Gasteiger charge is 2.21. The molecule has 0 N–H and O–H groups in total. The lowest BCUT2D eigenvalue weighted by Gasteiger charge is -2.20. The fourth-order valence-corrected chi connectivity index (χ4v) is 1.55. The van der Waals surface area contributed by atoms with Crippen LogP contribution < -0.4 is 0 Å². The van der Waals surface area contributed by atoms with Crippen LogP contribution in [0.4, 0.5) is 5.69 Å². The molecule has 1 aliphatic heterocycles. The van der Waals surface area contributed by atoms with Gasteiger partial charge in [0.2, 0.25) is 0 Å². The van der Waals surface area contributed by atoms with Crippen LogP contribution in [0.1, 0.15) is 24.2 Å². The van der Waals surface area contributed by atoms with Crippen LogP contribution in [-0.4, -0.2) is 12.2 Å². The van der Waals surface area contributed by atoms with Crippen LogP contribution in [0, 0.1) is 6.92 Å². The third kappa shape index (κ3) is 1.41. The normalized spacial score (nSPS) is 19.3. The summed E-state index contributed by atoms with van der Waals surface area (Å²) < 4.78 is 5.30. The Morgan fingerprint density at radius 3 is 2.93 bits per heavy atom. The average molecular weight is 189 g/mol. The molecule has 0 saturated carbocycles. The maximum Gasteiger partial charge on any atom is 0.186 e. The molecule has 0 saturated heterocycles. The zero-order valence-corrected chi connectivity index (χ0v) is 8.15. The minimum absolute atomic E-state index is 0.498. The van der Waals surface area contributed by atoms with E-state index in [1.165, 1.54) is 0 Å². The second-order valence-corrected chi connectivity index (χ2v) is 3.37. The largest absolute Gasteiger partial charge is 0.465 e. The standard InChI is InChI=1S/C11H11NO2/c1-7-3-4-10-9(5-7)11(6-13)14-8(2)12-10/h3-6,11H,1-2H3. The Hall–Kier alpha value is -1.64. The molecule has 3 nitrogen and oxygen atoms in total. The lowest BCUT2D eigenvalue weighted by molar-refractivity contribution is -0.114. The van der Waals surface area contributed by atoms with E-state index < -0.39 is 6.10 Å². The van der Waals surface area contributed by atoms with Crippen molar-refractivity contribution < 1.29 is 9.53 Å². The summed E-state index contributed by atoms with van der Waals surface area (Å²) in [6.45, 7) is 3.73. The second kappa shape index (κ2) is 3.25. The molecule has 1 aromatic rings. The van der Waals surface area contributed by atoms with Crippen molar-refractivity contribution in [3.63, 3.8) is 0 Å². The van der Waals surface area contributed by atoms with Gasteiger partial charge in [-0.2, -0.15) is 0 Å². The first-order chi connectivity index (χ1) is 6.70. The first kappa shape index (κ1) is 8.94. The van der Waals surface area contributed by atoms with Crippen molar-refractivity contribution in [1.29, 1.82) is 0 Å². The van der Waals surface area contributed by atoms with Crippen molar-refractivity contribution in [2.24, 2.45) is 4.99 Å². The predicted molar refractivity (Wildman–Crippen MR) is 53.8 cm³/mol. The van der Waals surface area contributed by atoms with E-state index in [-0.39, 0.29) is 0 Å². The fraction of sp³-hybridized carbons (Fsp3) is 0.273. The molecule has 0 spiro atoms. The van der Waals surface area contributed by atoms with Gasteiger partial charge < -0.3 is 4.74 Å². The Kier molecular flexibility index (Phi) is 2.08. The number of nitrogens with zero attached hydrogens (tertiary/aromatic N) is 1. The van der Waals surface area contributed by atoms with E-state index in [4.69, 9.17) is 4.74 Å². The molecule has 0 amide bonds. The Morgan fingerprint density at radius 2 is 2.21 bits per heavy atom. The number of aliphatic imine (C=N–C) groups is 1. The molecule has 1 heterocycles. The van der Waals surface area contributed by atoms with Gasteiger partial charge in [0.05, 0.1) is 5.69 Å². The summed E-state index contributed by atoms with van der Waals surface area (Å²) in [6, 6.07) is 5.82. The molecule has 2 rings (SSSR count). The van der Waals surface area contributed by atoms with E-state index in [1.54, 1.807) is 6.92 Å². The summed E-state index contributed by atoms with van der Waals surface area (Å²) in [6.07, 6.45) is 0.304. The summed E-state index contributed by atoms with van der Waals surface area (Å²) >= 11 is 0. The minimum Gasteiger partial charge on any atom is -0.465 e. The van der Waals surface area contributed by atoms with Crippen LogP contribution in [0.25, 0.3) is 0 Å². The highest BCUT2D eigenvalue weighted by molar-refractivity contribution is 5.83. The van der Waals surface area contributed by atoms with Gasteiger partial charge in [-0.3, -0.25) is 4.79 Å². The molecule has 0 aromatic heterocycles. The van der Waals surface area contributed by atoms with Gasteiger partial charge in [0.25, 0.3) is 0 Å². The summed E-state index contributed by atoms with van der Waals surface area (Å²) in [5.41, 5.74) is 2.79. The van der Waals surface area contributed by atoms with Crippen molar-refractivity contribution >= 4 is 17.9 Å². The number of aryl methyl sites for hydroxylation is 1. The highest BCUT2D eigenvalue weighted by atomic mass is 16.5. The number of carbonyl (C=O) groups excluding carboxylic acids is 1. The highest BCUT2D eigenvalue weighted by Crippen LogP contribution is 2.32. The summed E-state index contributed by atoms with van der Waals surface area (Å²) in [4.78, 5) is 15.0. The third-order valence-electron chi connectivity index (χ3n) is 2.19. The quantitative estimate of drug-likeness (QED) is 0.636. The molecule has 0 aliphatic carbocycles. The Bertz CT molecular complexity index is 410. The van der Waals surface area contributed by atoms with E-state index in [2.05, 4.69) is 4.99 Å². The number of fused-ring (bicyclic) bond motifs is 1. The Balaban J connectivity index is 2.57. The van der Waals surface area contributed by atoms with Crippen molar-refractivity contribution in [1.82, 2.24) is 0 Å². The SMILES string of the molecule is CC1=Nc2ccc(C)cc2C(C=O)O1. The molecule has 0 radical (unpaired) electrons. The number of ether oxygens (including phenoxy) is 1. The number of rotatable bonds is 1. The summed E-state index contributed by atoms with van der Waals surface area (Å²) in [5.74, 6) is 0.540. The van der Waals surface area contributed by atoms with E-state index in [0.29, 0.717) is 5.90 Å². The van der Waals surface area contributed by atoms with E-state index in [1.807, 2.05) is 25.1 Å². The van der Waals surface area contributed by atoms with Crippen LogP contribution in [0.3, 0.4) is 0 Å². The van der Waals surface area contributed by atoms with Gasteiger partial charge in [0.1, 0.15) is 0 Å². The smallest absolute Gasteiger partial charge is 0.186 e. The number of aldehydes is 1. The molecule has 0 fully saturated rings. The summed E-state index contributed by atoms with van der Waals surface area (Å²) in [7, 11) is 0.